The average molecular weight is 286 g/mol. The zero-order chi connectivity index (χ0) is 14.6. The highest BCUT2D eigenvalue weighted by Gasteiger charge is 2.33. The fourth-order valence-corrected chi connectivity index (χ4v) is 2.96. The molecule has 3 heteroatoms. The molecule has 2 nitrogen and oxygen atoms in total. The van der Waals surface area contributed by atoms with Gasteiger partial charge < -0.3 is 9.53 Å². The Morgan fingerprint density at radius 2 is 1.20 bits per heavy atom. The summed E-state index contributed by atoms with van der Waals surface area (Å²) in [6, 6.07) is 19.2. The highest BCUT2D eigenvalue weighted by atomic mass is 28.2. The van der Waals surface area contributed by atoms with Gasteiger partial charge in [0.25, 0.3) is 0 Å². The first-order valence-corrected chi connectivity index (χ1v) is 8.18. The third kappa shape index (κ3) is 3.57. The summed E-state index contributed by atoms with van der Waals surface area (Å²) in [5, 5.41) is 11.3. The normalized spacial score (nSPS) is 13.0. The van der Waals surface area contributed by atoms with Crippen LogP contribution < -0.4 is 0 Å². The quantitative estimate of drug-likeness (QED) is 0.691. The van der Waals surface area contributed by atoms with E-state index in [1.54, 1.807) is 0 Å². The molecule has 0 saturated carbocycles. The molecule has 106 valence electrons. The van der Waals surface area contributed by atoms with E-state index in [4.69, 9.17) is 4.43 Å². The van der Waals surface area contributed by atoms with E-state index in [1.165, 1.54) is 0 Å². The molecular weight excluding hydrogens is 264 g/mol. The van der Waals surface area contributed by atoms with Crippen LogP contribution >= 0.6 is 0 Å². The molecule has 0 atom stereocenters. The van der Waals surface area contributed by atoms with E-state index in [1.807, 2.05) is 60.7 Å². The summed E-state index contributed by atoms with van der Waals surface area (Å²) >= 11 is 0. The molecule has 2 aromatic carbocycles. The van der Waals surface area contributed by atoms with E-state index in [9.17, 15) is 5.11 Å². The zero-order valence-electron chi connectivity index (χ0n) is 12.3. The van der Waals surface area contributed by atoms with Crippen molar-refractivity contribution in [1.82, 2.24) is 0 Å². The second-order valence-electron chi connectivity index (χ2n) is 6.23. The Balaban J connectivity index is 2.39. The minimum atomic E-state index is -1.35. The minimum Gasteiger partial charge on any atom is -0.390 e. The second-order valence-corrected chi connectivity index (χ2v) is 8.92. The van der Waals surface area contributed by atoms with Gasteiger partial charge in [-0.05, 0) is 5.04 Å². The van der Waals surface area contributed by atoms with E-state index in [0.717, 1.165) is 11.1 Å². The van der Waals surface area contributed by atoms with Crippen LogP contribution in [-0.2, 0) is 10.2 Å². The third-order valence-electron chi connectivity index (χ3n) is 3.04. The Labute approximate surface area is 123 Å². The van der Waals surface area contributed by atoms with E-state index in [-0.39, 0.29) is 5.04 Å². The van der Waals surface area contributed by atoms with Gasteiger partial charge in [-0.15, -0.1) is 0 Å². The smallest absolute Gasteiger partial charge is 0.210 e. The Morgan fingerprint density at radius 1 is 0.800 bits per heavy atom. The molecule has 1 N–H and O–H groups in total. The standard InChI is InChI=1S/C17H22O2Si/c1-16(2,3)20-19-17(18,14-10-6-4-7-11-14)15-12-8-5-9-13-15/h4-13,18H,20H2,1-3H3. The van der Waals surface area contributed by atoms with E-state index >= 15 is 0 Å². The van der Waals surface area contributed by atoms with Crippen molar-refractivity contribution in [3.8, 4) is 0 Å². The van der Waals surface area contributed by atoms with Crippen molar-refractivity contribution in [2.24, 2.45) is 0 Å². The van der Waals surface area contributed by atoms with Crippen molar-refractivity contribution in [1.29, 1.82) is 0 Å². The predicted molar refractivity (Wildman–Crippen MR) is 85.2 cm³/mol. The zero-order valence-corrected chi connectivity index (χ0v) is 13.8. The molecule has 0 aromatic heterocycles. The van der Waals surface area contributed by atoms with Crippen molar-refractivity contribution < 1.29 is 9.53 Å². The summed E-state index contributed by atoms with van der Waals surface area (Å²) < 4.78 is 6.06. The molecule has 2 aromatic rings. The molecule has 2 rings (SSSR count). The lowest BCUT2D eigenvalue weighted by atomic mass is 9.98. The van der Waals surface area contributed by atoms with Gasteiger partial charge >= 0.3 is 0 Å². The Hall–Kier alpha value is -1.42. The van der Waals surface area contributed by atoms with Crippen LogP contribution in [0, 0.1) is 0 Å². The van der Waals surface area contributed by atoms with Crippen molar-refractivity contribution in [2.45, 2.75) is 31.6 Å². The SMILES string of the molecule is CC(C)(C)[SiH2]OC(O)(c1ccccc1)c1ccccc1. The summed E-state index contributed by atoms with van der Waals surface area (Å²) in [5.41, 5.74) is 1.56. The molecule has 0 radical (unpaired) electrons. The second kappa shape index (κ2) is 5.91. The average Bonchev–Trinajstić information content (AvgIpc) is 2.46. The first-order chi connectivity index (χ1) is 9.42. The van der Waals surface area contributed by atoms with Crippen LogP contribution in [0.4, 0.5) is 0 Å². The lowest BCUT2D eigenvalue weighted by Crippen LogP contribution is -2.34. The van der Waals surface area contributed by atoms with Gasteiger partial charge in [0.1, 0.15) is 0 Å². The Morgan fingerprint density at radius 3 is 1.55 bits per heavy atom. The van der Waals surface area contributed by atoms with Gasteiger partial charge in [-0.25, -0.2) is 0 Å². The highest BCUT2D eigenvalue weighted by Crippen LogP contribution is 2.33. The topological polar surface area (TPSA) is 29.5 Å². The van der Waals surface area contributed by atoms with Crippen LogP contribution in [0.5, 0.6) is 0 Å². The summed E-state index contributed by atoms with van der Waals surface area (Å²) in [7, 11) is -0.892. The lowest BCUT2D eigenvalue weighted by Gasteiger charge is -2.32. The Kier molecular flexibility index (Phi) is 4.43. The molecular formula is C17H22O2Si. The first kappa shape index (κ1) is 15.0. The summed E-state index contributed by atoms with van der Waals surface area (Å²) in [6.07, 6.45) is 0. The van der Waals surface area contributed by atoms with Crippen LogP contribution in [-0.4, -0.2) is 14.9 Å². The monoisotopic (exact) mass is 286 g/mol. The fraction of sp³-hybridized carbons (Fsp3) is 0.294. The predicted octanol–water partition coefficient (Wildman–Crippen LogP) is 3.20. The maximum atomic E-state index is 11.1. The Bertz CT molecular complexity index is 492. The van der Waals surface area contributed by atoms with Crippen LogP contribution in [0.25, 0.3) is 0 Å². The fourth-order valence-electron chi connectivity index (χ4n) is 1.98. The van der Waals surface area contributed by atoms with Gasteiger partial charge in [0, 0.05) is 11.1 Å². The van der Waals surface area contributed by atoms with Crippen molar-refractivity contribution in [3.05, 3.63) is 71.8 Å². The number of aliphatic hydroxyl groups is 1. The van der Waals surface area contributed by atoms with E-state index < -0.39 is 15.6 Å². The molecule has 0 saturated heterocycles. The van der Waals surface area contributed by atoms with Crippen LogP contribution in [0.15, 0.2) is 60.7 Å². The summed E-state index contributed by atoms with van der Waals surface area (Å²) in [4.78, 5) is 0. The number of rotatable bonds is 4. The maximum absolute atomic E-state index is 11.1. The molecule has 0 fully saturated rings. The van der Waals surface area contributed by atoms with E-state index in [0.29, 0.717) is 0 Å². The molecule has 0 bridgehead atoms. The molecule has 0 unspecified atom stereocenters. The van der Waals surface area contributed by atoms with Crippen LogP contribution in [0.3, 0.4) is 0 Å². The highest BCUT2D eigenvalue weighted by molar-refractivity contribution is 6.31. The van der Waals surface area contributed by atoms with Gasteiger partial charge in [-0.1, -0.05) is 81.4 Å². The number of benzene rings is 2. The molecule has 0 heterocycles. The molecule has 0 spiro atoms. The van der Waals surface area contributed by atoms with Gasteiger partial charge in [0.15, 0.2) is 9.76 Å². The lowest BCUT2D eigenvalue weighted by molar-refractivity contribution is -0.110. The number of hydrogen-bond donors (Lipinski definition) is 1. The maximum Gasteiger partial charge on any atom is 0.210 e. The minimum absolute atomic E-state index is 0.123. The largest absolute Gasteiger partial charge is 0.390 e. The van der Waals surface area contributed by atoms with Crippen molar-refractivity contribution in [2.75, 3.05) is 0 Å². The number of hydrogen-bond acceptors (Lipinski definition) is 2. The summed E-state index contributed by atoms with van der Waals surface area (Å²) in [6.45, 7) is 6.45. The van der Waals surface area contributed by atoms with Crippen LogP contribution in [0.1, 0.15) is 31.9 Å². The van der Waals surface area contributed by atoms with Gasteiger partial charge in [0.05, 0.1) is 0 Å². The molecule has 0 aliphatic carbocycles. The molecule has 0 amide bonds. The molecule has 20 heavy (non-hydrogen) atoms. The van der Waals surface area contributed by atoms with Gasteiger partial charge in [0.2, 0.25) is 5.79 Å². The van der Waals surface area contributed by atoms with Crippen molar-refractivity contribution >= 4 is 9.76 Å². The molecule has 0 aliphatic heterocycles. The molecule has 0 aliphatic rings. The van der Waals surface area contributed by atoms with Gasteiger partial charge in [-0.3, -0.25) is 0 Å². The van der Waals surface area contributed by atoms with Gasteiger partial charge in [-0.2, -0.15) is 0 Å². The summed E-state index contributed by atoms with van der Waals surface area (Å²) in [5.74, 6) is -1.35. The first-order valence-electron chi connectivity index (χ1n) is 6.89. The van der Waals surface area contributed by atoms with Crippen molar-refractivity contribution in [3.63, 3.8) is 0 Å². The third-order valence-corrected chi connectivity index (χ3v) is 4.47. The van der Waals surface area contributed by atoms with E-state index in [2.05, 4.69) is 20.8 Å². The van der Waals surface area contributed by atoms with Crippen LogP contribution in [0.2, 0.25) is 5.04 Å².